The molecule has 0 unspecified atom stereocenters. The first-order chi connectivity index (χ1) is 6.15. The van der Waals surface area contributed by atoms with Gasteiger partial charge in [-0.2, -0.15) is 0 Å². The lowest BCUT2D eigenvalue weighted by atomic mass is 9.97. The van der Waals surface area contributed by atoms with Crippen molar-refractivity contribution in [2.75, 3.05) is 0 Å². The van der Waals surface area contributed by atoms with E-state index < -0.39 is 6.10 Å². The molecule has 1 N–H and O–H groups in total. The summed E-state index contributed by atoms with van der Waals surface area (Å²) in [6.45, 7) is 7.66. The molecule has 0 heterocycles. The van der Waals surface area contributed by atoms with Gasteiger partial charge in [-0.05, 0) is 12.5 Å². The van der Waals surface area contributed by atoms with Crippen LogP contribution in [-0.4, -0.2) is 5.11 Å². The third-order valence-corrected chi connectivity index (χ3v) is 2.29. The molecule has 0 fully saturated rings. The molecule has 1 heteroatoms. The monoisotopic (exact) mass is 176 g/mol. The van der Waals surface area contributed by atoms with E-state index in [9.17, 15) is 5.11 Å². The first kappa shape index (κ1) is 10.0. The second-order valence-electron chi connectivity index (χ2n) is 3.45. The van der Waals surface area contributed by atoms with Crippen molar-refractivity contribution in [2.24, 2.45) is 5.92 Å². The van der Waals surface area contributed by atoms with Gasteiger partial charge in [0.05, 0.1) is 6.10 Å². The van der Waals surface area contributed by atoms with Crippen molar-refractivity contribution in [3.8, 4) is 0 Å². The number of hydrogen-bond donors (Lipinski definition) is 1. The van der Waals surface area contributed by atoms with E-state index in [1.54, 1.807) is 6.08 Å². The van der Waals surface area contributed by atoms with Crippen LogP contribution in [0.1, 0.15) is 24.2 Å². The van der Waals surface area contributed by atoms with Crippen molar-refractivity contribution >= 4 is 0 Å². The van der Waals surface area contributed by atoms with Crippen LogP contribution in [0, 0.1) is 12.8 Å². The van der Waals surface area contributed by atoms with Gasteiger partial charge in [-0.3, -0.25) is 0 Å². The molecular formula is C12H16O. The van der Waals surface area contributed by atoms with Gasteiger partial charge in [0.15, 0.2) is 0 Å². The zero-order chi connectivity index (χ0) is 9.84. The molecule has 70 valence electrons. The SMILES string of the molecule is C=C[C@@H](C)[C@@H](O)c1ccc(C)cc1. The quantitative estimate of drug-likeness (QED) is 0.702. The van der Waals surface area contributed by atoms with E-state index in [4.69, 9.17) is 0 Å². The summed E-state index contributed by atoms with van der Waals surface area (Å²) in [5.74, 6) is 0.0997. The van der Waals surface area contributed by atoms with Gasteiger partial charge >= 0.3 is 0 Å². The Morgan fingerprint density at radius 3 is 2.31 bits per heavy atom. The summed E-state index contributed by atoms with van der Waals surface area (Å²) in [4.78, 5) is 0. The molecular weight excluding hydrogens is 160 g/mol. The molecule has 0 spiro atoms. The molecule has 0 aliphatic rings. The Kier molecular flexibility index (Phi) is 3.26. The van der Waals surface area contributed by atoms with E-state index in [1.165, 1.54) is 5.56 Å². The van der Waals surface area contributed by atoms with Crippen LogP contribution in [0.5, 0.6) is 0 Å². The predicted molar refractivity (Wildman–Crippen MR) is 55.5 cm³/mol. The zero-order valence-corrected chi connectivity index (χ0v) is 8.20. The predicted octanol–water partition coefficient (Wildman–Crippen LogP) is 2.85. The normalized spacial score (nSPS) is 15.0. The van der Waals surface area contributed by atoms with Crippen LogP contribution in [-0.2, 0) is 0 Å². The topological polar surface area (TPSA) is 20.2 Å². The number of rotatable bonds is 3. The van der Waals surface area contributed by atoms with Gasteiger partial charge in [-0.25, -0.2) is 0 Å². The summed E-state index contributed by atoms with van der Waals surface area (Å²) in [6.07, 6.45) is 1.34. The standard InChI is InChI=1S/C12H16O/c1-4-10(3)12(13)11-7-5-9(2)6-8-11/h4-8,10,12-13H,1H2,2-3H3/t10-,12-/m1/s1. The van der Waals surface area contributed by atoms with Crippen LogP contribution < -0.4 is 0 Å². The Morgan fingerprint density at radius 1 is 1.31 bits per heavy atom. The lowest BCUT2D eigenvalue weighted by Crippen LogP contribution is -2.05. The number of benzene rings is 1. The van der Waals surface area contributed by atoms with Crippen molar-refractivity contribution in [1.29, 1.82) is 0 Å². The second-order valence-corrected chi connectivity index (χ2v) is 3.45. The molecule has 0 aromatic heterocycles. The average Bonchev–Trinajstić information content (AvgIpc) is 2.17. The molecule has 1 aromatic rings. The molecule has 0 saturated heterocycles. The maximum atomic E-state index is 9.81. The number of aliphatic hydroxyl groups excluding tert-OH is 1. The lowest BCUT2D eigenvalue weighted by Gasteiger charge is -2.15. The molecule has 13 heavy (non-hydrogen) atoms. The fraction of sp³-hybridized carbons (Fsp3) is 0.333. The molecule has 0 saturated carbocycles. The van der Waals surface area contributed by atoms with Gasteiger partial charge in [0, 0.05) is 5.92 Å². The molecule has 0 radical (unpaired) electrons. The molecule has 0 aliphatic carbocycles. The minimum atomic E-state index is -0.432. The second kappa shape index (κ2) is 4.24. The Bertz CT molecular complexity index is 274. The molecule has 1 rings (SSSR count). The highest BCUT2D eigenvalue weighted by atomic mass is 16.3. The zero-order valence-electron chi connectivity index (χ0n) is 8.20. The highest BCUT2D eigenvalue weighted by Crippen LogP contribution is 2.22. The van der Waals surface area contributed by atoms with E-state index in [2.05, 4.69) is 6.58 Å². The lowest BCUT2D eigenvalue weighted by molar-refractivity contribution is 0.140. The molecule has 2 atom stereocenters. The maximum Gasteiger partial charge on any atom is 0.0849 e. The summed E-state index contributed by atoms with van der Waals surface area (Å²) in [5, 5.41) is 9.81. The van der Waals surface area contributed by atoms with Gasteiger partial charge in [0.25, 0.3) is 0 Å². The fourth-order valence-corrected chi connectivity index (χ4v) is 1.20. The van der Waals surface area contributed by atoms with Gasteiger partial charge in [-0.15, -0.1) is 6.58 Å². The Balaban J connectivity index is 2.82. The van der Waals surface area contributed by atoms with Crippen LogP contribution in [0.15, 0.2) is 36.9 Å². The molecule has 0 amide bonds. The van der Waals surface area contributed by atoms with Gasteiger partial charge in [0.1, 0.15) is 0 Å². The van der Waals surface area contributed by atoms with Crippen molar-refractivity contribution in [3.63, 3.8) is 0 Å². The van der Waals surface area contributed by atoms with Crippen molar-refractivity contribution in [1.82, 2.24) is 0 Å². The Morgan fingerprint density at radius 2 is 1.85 bits per heavy atom. The summed E-state index contributed by atoms with van der Waals surface area (Å²) in [7, 11) is 0. The molecule has 0 aliphatic heterocycles. The summed E-state index contributed by atoms with van der Waals surface area (Å²) >= 11 is 0. The summed E-state index contributed by atoms with van der Waals surface area (Å²) < 4.78 is 0. The van der Waals surface area contributed by atoms with E-state index in [0.29, 0.717) is 0 Å². The first-order valence-electron chi connectivity index (χ1n) is 4.52. The molecule has 1 nitrogen and oxygen atoms in total. The molecule has 1 aromatic carbocycles. The highest BCUT2D eigenvalue weighted by Gasteiger charge is 2.12. The third kappa shape index (κ3) is 2.43. The van der Waals surface area contributed by atoms with Crippen LogP contribution in [0.2, 0.25) is 0 Å². The smallest absolute Gasteiger partial charge is 0.0849 e. The molecule has 0 bridgehead atoms. The van der Waals surface area contributed by atoms with Crippen molar-refractivity contribution < 1.29 is 5.11 Å². The van der Waals surface area contributed by atoms with Crippen molar-refractivity contribution in [3.05, 3.63) is 48.0 Å². The average molecular weight is 176 g/mol. The summed E-state index contributed by atoms with van der Waals surface area (Å²) in [5.41, 5.74) is 2.17. The maximum absolute atomic E-state index is 9.81. The fourth-order valence-electron chi connectivity index (χ4n) is 1.20. The largest absolute Gasteiger partial charge is 0.388 e. The van der Waals surface area contributed by atoms with Gasteiger partial charge in [-0.1, -0.05) is 42.8 Å². The van der Waals surface area contributed by atoms with Crippen LogP contribution in [0.3, 0.4) is 0 Å². The van der Waals surface area contributed by atoms with Crippen LogP contribution >= 0.6 is 0 Å². The number of aliphatic hydroxyl groups is 1. The number of hydrogen-bond acceptors (Lipinski definition) is 1. The highest BCUT2D eigenvalue weighted by molar-refractivity contribution is 5.23. The van der Waals surface area contributed by atoms with Gasteiger partial charge < -0.3 is 5.11 Å². The Hall–Kier alpha value is -1.08. The van der Waals surface area contributed by atoms with E-state index in [1.807, 2.05) is 38.1 Å². The Labute approximate surface area is 79.7 Å². The van der Waals surface area contributed by atoms with E-state index >= 15 is 0 Å². The van der Waals surface area contributed by atoms with E-state index in [0.717, 1.165) is 5.56 Å². The number of aryl methyl sites for hydroxylation is 1. The summed E-state index contributed by atoms with van der Waals surface area (Å²) in [6, 6.07) is 7.93. The van der Waals surface area contributed by atoms with Crippen molar-refractivity contribution in [2.45, 2.75) is 20.0 Å². The third-order valence-electron chi connectivity index (χ3n) is 2.29. The van der Waals surface area contributed by atoms with Gasteiger partial charge in [0.2, 0.25) is 0 Å². The van der Waals surface area contributed by atoms with Crippen LogP contribution in [0.4, 0.5) is 0 Å². The minimum Gasteiger partial charge on any atom is -0.388 e. The minimum absolute atomic E-state index is 0.0997. The van der Waals surface area contributed by atoms with E-state index in [-0.39, 0.29) is 5.92 Å². The first-order valence-corrected chi connectivity index (χ1v) is 4.52. The van der Waals surface area contributed by atoms with Crippen LogP contribution in [0.25, 0.3) is 0 Å².